The van der Waals surface area contributed by atoms with E-state index >= 15 is 0 Å². The van der Waals surface area contributed by atoms with E-state index in [9.17, 15) is 0 Å². The quantitative estimate of drug-likeness (QED) is 0.915. The minimum Gasteiger partial charge on any atom is -0.489 e. The number of fused-ring (bicyclic) bond motifs is 1. The van der Waals surface area contributed by atoms with E-state index in [0.717, 1.165) is 44.3 Å². The lowest BCUT2D eigenvalue weighted by atomic mass is 9.98. The van der Waals surface area contributed by atoms with Crippen LogP contribution in [0.5, 0.6) is 5.75 Å². The average molecular weight is 276 g/mol. The van der Waals surface area contributed by atoms with Crippen molar-refractivity contribution >= 4 is 5.69 Å². The van der Waals surface area contributed by atoms with Crippen LogP contribution in [-0.4, -0.2) is 44.9 Å². The van der Waals surface area contributed by atoms with Crippen molar-refractivity contribution in [3.05, 3.63) is 23.8 Å². The number of rotatable bonds is 4. The van der Waals surface area contributed by atoms with Crippen molar-refractivity contribution in [3.8, 4) is 5.75 Å². The predicted molar refractivity (Wildman–Crippen MR) is 80.3 cm³/mol. The molecule has 4 nitrogen and oxygen atoms in total. The van der Waals surface area contributed by atoms with Gasteiger partial charge in [0.1, 0.15) is 12.4 Å². The van der Waals surface area contributed by atoms with Gasteiger partial charge >= 0.3 is 0 Å². The van der Waals surface area contributed by atoms with Gasteiger partial charge in [-0.3, -0.25) is 4.90 Å². The van der Waals surface area contributed by atoms with Gasteiger partial charge in [0.05, 0.1) is 12.3 Å². The Bertz CT molecular complexity index is 448. The molecule has 0 aromatic heterocycles. The molecule has 0 bridgehead atoms. The molecule has 1 unspecified atom stereocenters. The highest BCUT2D eigenvalue weighted by Gasteiger charge is 2.22. The normalized spacial score (nSPS) is 22.8. The summed E-state index contributed by atoms with van der Waals surface area (Å²) in [5.74, 6) is 1.72. The van der Waals surface area contributed by atoms with Crippen LogP contribution in [0.3, 0.4) is 0 Å². The third-order valence-corrected chi connectivity index (χ3v) is 4.16. The van der Waals surface area contributed by atoms with Crippen LogP contribution < -0.4 is 10.1 Å². The molecule has 0 radical (unpaired) electrons. The Hall–Kier alpha value is -1.26. The van der Waals surface area contributed by atoms with Crippen LogP contribution in [0.25, 0.3) is 0 Å². The zero-order valence-corrected chi connectivity index (χ0v) is 12.2. The number of nitrogens with one attached hydrogen (secondary N) is 1. The average Bonchev–Trinajstić information content (AvgIpc) is 2.48. The summed E-state index contributed by atoms with van der Waals surface area (Å²) in [5.41, 5.74) is 2.44. The van der Waals surface area contributed by atoms with Crippen LogP contribution >= 0.6 is 0 Å². The van der Waals surface area contributed by atoms with E-state index in [1.807, 2.05) is 0 Å². The highest BCUT2D eigenvalue weighted by molar-refractivity contribution is 5.61. The van der Waals surface area contributed by atoms with Crippen molar-refractivity contribution in [2.75, 3.05) is 45.3 Å². The Kier molecular flexibility index (Phi) is 4.43. The number of hydrogen-bond donors (Lipinski definition) is 1. The summed E-state index contributed by atoms with van der Waals surface area (Å²) in [7, 11) is 1.80. The minimum absolute atomic E-state index is 0.673. The van der Waals surface area contributed by atoms with Crippen molar-refractivity contribution < 1.29 is 9.47 Å². The topological polar surface area (TPSA) is 33.7 Å². The fourth-order valence-corrected chi connectivity index (χ4v) is 3.27. The van der Waals surface area contributed by atoms with Gasteiger partial charge in [-0.1, -0.05) is 12.1 Å². The summed E-state index contributed by atoms with van der Waals surface area (Å²) in [6.07, 6.45) is 2.55. The van der Waals surface area contributed by atoms with Crippen LogP contribution in [0.4, 0.5) is 5.69 Å². The molecular formula is C16H24N2O2. The number of hydrogen-bond acceptors (Lipinski definition) is 4. The van der Waals surface area contributed by atoms with Gasteiger partial charge in [0, 0.05) is 32.3 Å². The SMILES string of the molecule is COCC1CCCN(Cc2cccc3c2OCCN3)C1. The van der Waals surface area contributed by atoms with Crippen molar-refractivity contribution in [1.82, 2.24) is 4.90 Å². The van der Waals surface area contributed by atoms with E-state index in [0.29, 0.717) is 5.92 Å². The predicted octanol–water partition coefficient (Wildman–Crippen LogP) is 2.35. The number of benzene rings is 1. The number of nitrogens with zero attached hydrogens (tertiary/aromatic N) is 1. The number of methoxy groups -OCH3 is 1. The van der Waals surface area contributed by atoms with Crippen LogP contribution in [-0.2, 0) is 11.3 Å². The molecule has 110 valence electrons. The number of para-hydroxylation sites is 1. The monoisotopic (exact) mass is 276 g/mol. The highest BCUT2D eigenvalue weighted by Crippen LogP contribution is 2.32. The number of ether oxygens (including phenoxy) is 2. The second kappa shape index (κ2) is 6.46. The second-order valence-electron chi connectivity index (χ2n) is 5.77. The molecule has 1 atom stereocenters. The van der Waals surface area contributed by atoms with Crippen molar-refractivity contribution in [1.29, 1.82) is 0 Å². The first-order chi connectivity index (χ1) is 9.86. The lowest BCUT2D eigenvalue weighted by molar-refractivity contribution is 0.0869. The number of anilines is 1. The summed E-state index contributed by atoms with van der Waals surface area (Å²) in [4.78, 5) is 2.53. The zero-order chi connectivity index (χ0) is 13.8. The zero-order valence-electron chi connectivity index (χ0n) is 12.2. The molecule has 3 rings (SSSR count). The standard InChI is InChI=1S/C16H24N2O2/c1-19-12-13-4-3-8-18(10-13)11-14-5-2-6-15-16(14)20-9-7-17-15/h2,5-6,13,17H,3-4,7-12H2,1H3. The first-order valence-electron chi connectivity index (χ1n) is 7.56. The first-order valence-corrected chi connectivity index (χ1v) is 7.56. The van der Waals surface area contributed by atoms with Gasteiger partial charge in [-0.05, 0) is 31.4 Å². The molecular weight excluding hydrogens is 252 g/mol. The summed E-state index contributed by atoms with van der Waals surface area (Å²) >= 11 is 0. The van der Waals surface area contributed by atoms with Crippen molar-refractivity contribution in [3.63, 3.8) is 0 Å². The molecule has 2 aliphatic rings. The maximum atomic E-state index is 5.86. The molecule has 0 amide bonds. The van der Waals surface area contributed by atoms with Crippen molar-refractivity contribution in [2.24, 2.45) is 5.92 Å². The van der Waals surface area contributed by atoms with E-state index in [2.05, 4.69) is 28.4 Å². The fourth-order valence-electron chi connectivity index (χ4n) is 3.27. The second-order valence-corrected chi connectivity index (χ2v) is 5.77. The summed E-state index contributed by atoms with van der Waals surface area (Å²) in [5, 5.41) is 3.41. The number of likely N-dealkylation sites (tertiary alicyclic amines) is 1. The molecule has 20 heavy (non-hydrogen) atoms. The lowest BCUT2D eigenvalue weighted by Gasteiger charge is -2.33. The van der Waals surface area contributed by atoms with Gasteiger partial charge in [0.25, 0.3) is 0 Å². The number of piperidine rings is 1. The molecule has 0 saturated carbocycles. The Labute approximate surface area is 121 Å². The molecule has 1 aromatic carbocycles. The Morgan fingerprint density at radius 1 is 1.45 bits per heavy atom. The van der Waals surface area contributed by atoms with E-state index in [4.69, 9.17) is 9.47 Å². The maximum Gasteiger partial charge on any atom is 0.146 e. The Morgan fingerprint density at radius 2 is 2.40 bits per heavy atom. The molecule has 0 spiro atoms. The van der Waals surface area contributed by atoms with Crippen LogP contribution in [0.15, 0.2) is 18.2 Å². The third-order valence-electron chi connectivity index (χ3n) is 4.16. The smallest absolute Gasteiger partial charge is 0.146 e. The molecule has 1 aromatic rings. The first kappa shape index (κ1) is 13.7. The summed E-state index contributed by atoms with van der Waals surface area (Å²) in [6.45, 7) is 5.82. The molecule has 0 aliphatic carbocycles. The summed E-state index contributed by atoms with van der Waals surface area (Å²) < 4.78 is 11.2. The maximum absolute atomic E-state index is 5.86. The molecule has 2 aliphatic heterocycles. The molecule has 1 N–H and O–H groups in total. The van der Waals surface area contributed by atoms with Crippen molar-refractivity contribution in [2.45, 2.75) is 19.4 Å². The van der Waals surface area contributed by atoms with Gasteiger partial charge in [-0.15, -0.1) is 0 Å². The van der Waals surface area contributed by atoms with Crippen LogP contribution in [0.1, 0.15) is 18.4 Å². The van der Waals surface area contributed by atoms with E-state index in [1.165, 1.54) is 24.9 Å². The minimum atomic E-state index is 0.673. The van der Waals surface area contributed by atoms with Gasteiger partial charge < -0.3 is 14.8 Å². The van der Waals surface area contributed by atoms with Gasteiger partial charge in [-0.2, -0.15) is 0 Å². The molecule has 1 fully saturated rings. The van der Waals surface area contributed by atoms with Gasteiger partial charge in [-0.25, -0.2) is 0 Å². The summed E-state index contributed by atoms with van der Waals surface area (Å²) in [6, 6.07) is 6.40. The Morgan fingerprint density at radius 3 is 3.30 bits per heavy atom. The lowest BCUT2D eigenvalue weighted by Crippen LogP contribution is -2.36. The highest BCUT2D eigenvalue weighted by atomic mass is 16.5. The van der Waals surface area contributed by atoms with E-state index in [1.54, 1.807) is 7.11 Å². The van der Waals surface area contributed by atoms with Crippen LogP contribution in [0.2, 0.25) is 0 Å². The molecule has 1 saturated heterocycles. The molecule has 4 heteroatoms. The fraction of sp³-hybridized carbons (Fsp3) is 0.625. The van der Waals surface area contributed by atoms with E-state index < -0.39 is 0 Å². The van der Waals surface area contributed by atoms with Crippen LogP contribution in [0, 0.1) is 5.92 Å². The van der Waals surface area contributed by atoms with Gasteiger partial charge in [0.2, 0.25) is 0 Å². The van der Waals surface area contributed by atoms with Gasteiger partial charge in [0.15, 0.2) is 0 Å². The molecule has 2 heterocycles. The Balaban J connectivity index is 1.68. The van der Waals surface area contributed by atoms with E-state index in [-0.39, 0.29) is 0 Å². The largest absolute Gasteiger partial charge is 0.489 e. The third kappa shape index (κ3) is 3.07.